The lowest BCUT2D eigenvalue weighted by molar-refractivity contribution is -0.153. The predicted octanol–water partition coefficient (Wildman–Crippen LogP) is -0.241. The van der Waals surface area contributed by atoms with E-state index in [-0.39, 0.29) is 5.69 Å². The topological polar surface area (TPSA) is 106 Å². The number of aryl methyl sites for hydroxylation is 2. The van der Waals surface area contributed by atoms with Crippen LogP contribution in [-0.4, -0.2) is 37.4 Å². The van der Waals surface area contributed by atoms with Gasteiger partial charge in [-0.2, -0.15) is 0 Å². The minimum Gasteiger partial charge on any atom is -0.479 e. The van der Waals surface area contributed by atoms with Gasteiger partial charge >= 0.3 is 5.97 Å². The molecule has 15 heavy (non-hydrogen) atoms. The van der Waals surface area contributed by atoms with E-state index >= 15 is 0 Å². The summed E-state index contributed by atoms with van der Waals surface area (Å²) < 4.78 is 0. The highest BCUT2D eigenvalue weighted by atomic mass is 16.4. The first-order chi connectivity index (χ1) is 6.97. The monoisotopic (exact) mass is 214 g/mol. The third-order valence-corrected chi connectivity index (χ3v) is 2.14. The van der Waals surface area contributed by atoms with Gasteiger partial charge in [0.15, 0.2) is 6.10 Å². The molecule has 0 aliphatic carbocycles. The van der Waals surface area contributed by atoms with E-state index in [4.69, 9.17) is 10.2 Å². The number of H-pyrrole nitrogens is 1. The second kappa shape index (κ2) is 4.41. The Hall–Kier alpha value is -1.40. The predicted molar refractivity (Wildman–Crippen MR) is 51.3 cm³/mol. The number of aliphatic hydroxyl groups excluding tert-OH is 2. The molecule has 84 valence electrons. The third-order valence-electron chi connectivity index (χ3n) is 2.14. The lowest BCUT2D eigenvalue weighted by Crippen LogP contribution is -2.28. The molecule has 0 bridgehead atoms. The first-order valence-electron chi connectivity index (χ1n) is 4.61. The number of hydrogen-bond donors (Lipinski definition) is 4. The van der Waals surface area contributed by atoms with Gasteiger partial charge in [-0.1, -0.05) is 6.92 Å². The molecule has 0 saturated carbocycles. The third kappa shape index (κ3) is 2.34. The van der Waals surface area contributed by atoms with Crippen LogP contribution in [0.15, 0.2) is 0 Å². The van der Waals surface area contributed by atoms with Crippen molar-refractivity contribution < 1.29 is 20.1 Å². The van der Waals surface area contributed by atoms with Crippen molar-refractivity contribution >= 4 is 5.97 Å². The Kier molecular flexibility index (Phi) is 3.43. The first kappa shape index (κ1) is 11.7. The number of hydrogen-bond acceptors (Lipinski definition) is 4. The number of carboxylic acids is 1. The summed E-state index contributed by atoms with van der Waals surface area (Å²) in [7, 11) is 0. The summed E-state index contributed by atoms with van der Waals surface area (Å²) in [6.07, 6.45) is -2.70. The minimum absolute atomic E-state index is 0.182. The molecule has 0 fully saturated rings. The maximum absolute atomic E-state index is 10.5. The fraction of sp³-hybridized carbons (Fsp3) is 0.556. The zero-order chi connectivity index (χ0) is 11.6. The lowest BCUT2D eigenvalue weighted by atomic mass is 10.1. The van der Waals surface area contributed by atoms with Gasteiger partial charge in [-0.05, 0) is 6.92 Å². The standard InChI is InChI=1S/C9H14N2O4/c1-3-5-10-4(2)6(11-5)7(12)8(13)9(14)15/h7-8,12-13H,3H2,1-2H3,(H,10,11)(H,14,15). The van der Waals surface area contributed by atoms with Crippen molar-refractivity contribution in [3.8, 4) is 0 Å². The van der Waals surface area contributed by atoms with Gasteiger partial charge in [-0.15, -0.1) is 0 Å². The molecule has 1 aromatic heterocycles. The summed E-state index contributed by atoms with van der Waals surface area (Å²) in [6, 6.07) is 0. The molecule has 1 rings (SSSR count). The van der Waals surface area contributed by atoms with Gasteiger partial charge in [-0.3, -0.25) is 0 Å². The first-order valence-corrected chi connectivity index (χ1v) is 4.61. The molecule has 2 atom stereocenters. The second-order valence-electron chi connectivity index (χ2n) is 3.28. The maximum Gasteiger partial charge on any atom is 0.335 e. The molecule has 0 saturated heterocycles. The average Bonchev–Trinajstić information content (AvgIpc) is 2.57. The fourth-order valence-corrected chi connectivity index (χ4v) is 1.28. The van der Waals surface area contributed by atoms with Gasteiger partial charge in [0.25, 0.3) is 0 Å². The van der Waals surface area contributed by atoms with Crippen LogP contribution in [-0.2, 0) is 11.2 Å². The Bertz CT molecular complexity index is 361. The van der Waals surface area contributed by atoms with Crippen LogP contribution in [0, 0.1) is 6.92 Å². The Labute approximate surface area is 86.6 Å². The van der Waals surface area contributed by atoms with Gasteiger partial charge in [0.1, 0.15) is 11.9 Å². The smallest absolute Gasteiger partial charge is 0.335 e. The maximum atomic E-state index is 10.5. The molecule has 0 amide bonds. The molecular weight excluding hydrogens is 200 g/mol. The van der Waals surface area contributed by atoms with Crippen LogP contribution in [0.25, 0.3) is 0 Å². The highest BCUT2D eigenvalue weighted by molar-refractivity contribution is 5.73. The van der Waals surface area contributed by atoms with Crippen LogP contribution in [0.5, 0.6) is 0 Å². The molecule has 6 nitrogen and oxygen atoms in total. The van der Waals surface area contributed by atoms with E-state index in [9.17, 15) is 9.90 Å². The number of imidazole rings is 1. The molecular formula is C9H14N2O4. The minimum atomic E-state index is -1.85. The number of aromatic amines is 1. The number of rotatable bonds is 4. The zero-order valence-corrected chi connectivity index (χ0v) is 8.56. The van der Waals surface area contributed by atoms with Crippen LogP contribution in [0.1, 0.15) is 30.2 Å². The van der Waals surface area contributed by atoms with Gasteiger partial charge < -0.3 is 20.3 Å². The Morgan fingerprint density at radius 2 is 2.13 bits per heavy atom. The molecule has 6 heteroatoms. The normalized spacial score (nSPS) is 14.9. The Balaban J connectivity index is 2.94. The van der Waals surface area contributed by atoms with Gasteiger partial charge in [0, 0.05) is 12.1 Å². The highest BCUT2D eigenvalue weighted by Gasteiger charge is 2.28. The number of nitrogens with zero attached hydrogens (tertiary/aromatic N) is 1. The second-order valence-corrected chi connectivity index (χ2v) is 3.28. The Morgan fingerprint density at radius 3 is 2.53 bits per heavy atom. The molecule has 0 spiro atoms. The van der Waals surface area contributed by atoms with E-state index < -0.39 is 18.2 Å². The molecule has 4 N–H and O–H groups in total. The number of carboxylic acid groups (broad SMARTS) is 1. The van der Waals surface area contributed by atoms with E-state index in [0.29, 0.717) is 17.9 Å². The molecule has 2 unspecified atom stereocenters. The number of nitrogens with one attached hydrogen (secondary N) is 1. The van der Waals surface area contributed by atoms with Crippen LogP contribution >= 0.6 is 0 Å². The van der Waals surface area contributed by atoms with Crippen molar-refractivity contribution in [2.45, 2.75) is 32.5 Å². The quantitative estimate of drug-likeness (QED) is 0.553. The van der Waals surface area contributed by atoms with E-state index in [1.807, 2.05) is 6.92 Å². The SMILES string of the molecule is CCc1nc(C(O)C(O)C(=O)O)c(C)[nH]1. The molecule has 0 aromatic carbocycles. The lowest BCUT2D eigenvalue weighted by Gasteiger charge is -2.12. The van der Waals surface area contributed by atoms with E-state index in [1.165, 1.54) is 0 Å². The number of aliphatic carboxylic acids is 1. The van der Waals surface area contributed by atoms with Crippen molar-refractivity contribution in [3.63, 3.8) is 0 Å². The molecule has 1 aromatic rings. The molecule has 1 heterocycles. The summed E-state index contributed by atoms with van der Waals surface area (Å²) in [5, 5.41) is 27.2. The van der Waals surface area contributed by atoms with Crippen molar-refractivity contribution in [2.24, 2.45) is 0 Å². The van der Waals surface area contributed by atoms with Crippen LogP contribution < -0.4 is 0 Å². The molecule has 0 radical (unpaired) electrons. The molecule has 0 aliphatic rings. The van der Waals surface area contributed by atoms with Crippen LogP contribution in [0.2, 0.25) is 0 Å². The van der Waals surface area contributed by atoms with Crippen molar-refractivity contribution in [3.05, 3.63) is 17.2 Å². The highest BCUT2D eigenvalue weighted by Crippen LogP contribution is 2.19. The van der Waals surface area contributed by atoms with Gasteiger partial charge in [0.05, 0.1) is 5.69 Å². The van der Waals surface area contributed by atoms with Crippen LogP contribution in [0.3, 0.4) is 0 Å². The number of aliphatic hydroxyl groups is 2. The largest absolute Gasteiger partial charge is 0.479 e. The summed E-state index contributed by atoms with van der Waals surface area (Å²) in [5.41, 5.74) is 0.751. The summed E-state index contributed by atoms with van der Waals surface area (Å²) in [5.74, 6) is -0.818. The average molecular weight is 214 g/mol. The van der Waals surface area contributed by atoms with Crippen molar-refractivity contribution in [2.75, 3.05) is 0 Å². The summed E-state index contributed by atoms with van der Waals surface area (Å²) >= 11 is 0. The number of carbonyl (C=O) groups is 1. The van der Waals surface area contributed by atoms with Gasteiger partial charge in [0.2, 0.25) is 0 Å². The van der Waals surface area contributed by atoms with Crippen LogP contribution in [0.4, 0.5) is 0 Å². The summed E-state index contributed by atoms with van der Waals surface area (Å²) in [4.78, 5) is 17.4. The zero-order valence-electron chi connectivity index (χ0n) is 8.56. The van der Waals surface area contributed by atoms with E-state index in [0.717, 1.165) is 0 Å². The van der Waals surface area contributed by atoms with E-state index in [2.05, 4.69) is 9.97 Å². The summed E-state index contributed by atoms with van der Waals surface area (Å²) in [6.45, 7) is 3.54. The van der Waals surface area contributed by atoms with Crippen molar-refractivity contribution in [1.82, 2.24) is 9.97 Å². The van der Waals surface area contributed by atoms with Crippen molar-refractivity contribution in [1.29, 1.82) is 0 Å². The Morgan fingerprint density at radius 1 is 1.53 bits per heavy atom. The van der Waals surface area contributed by atoms with Gasteiger partial charge in [-0.25, -0.2) is 9.78 Å². The number of aromatic nitrogens is 2. The van der Waals surface area contributed by atoms with E-state index in [1.54, 1.807) is 6.92 Å². The molecule has 0 aliphatic heterocycles. The fourth-order valence-electron chi connectivity index (χ4n) is 1.28.